The molecule has 0 amide bonds. The van der Waals surface area contributed by atoms with Gasteiger partial charge < -0.3 is 0 Å². The van der Waals surface area contributed by atoms with E-state index in [0.717, 1.165) is 12.8 Å². The molecule has 0 saturated carbocycles. The number of carbonyl (C=O) groups is 1. The first-order valence-electron chi connectivity index (χ1n) is 4.15. The van der Waals surface area contributed by atoms with E-state index in [1.54, 1.807) is 13.0 Å². The first kappa shape index (κ1) is 10.4. The number of rotatable bonds is 4. The summed E-state index contributed by atoms with van der Waals surface area (Å²) in [4.78, 5) is 10.5. The number of hydrogen-bond donors (Lipinski definition) is 0. The third kappa shape index (κ3) is 5.84. The second kappa shape index (κ2) is 4.32. The highest BCUT2D eigenvalue weighted by molar-refractivity contribution is 5.87. The van der Waals surface area contributed by atoms with Gasteiger partial charge in [-0.3, -0.25) is 4.79 Å². The fourth-order valence-corrected chi connectivity index (χ4v) is 0.688. The van der Waals surface area contributed by atoms with Gasteiger partial charge >= 0.3 is 0 Å². The molecule has 0 aromatic rings. The molecule has 0 aromatic carbocycles. The summed E-state index contributed by atoms with van der Waals surface area (Å²) in [5.41, 5.74) is 0.339. The number of hydrogen-bond acceptors (Lipinski definition) is 1. The summed E-state index contributed by atoms with van der Waals surface area (Å²) in [6, 6.07) is 0. The molecule has 0 aliphatic carbocycles. The minimum Gasteiger partial charge on any atom is -0.295 e. The molecular weight excluding hydrogens is 136 g/mol. The van der Waals surface area contributed by atoms with Crippen LogP contribution in [0.15, 0.2) is 12.2 Å². The highest BCUT2D eigenvalue weighted by Crippen LogP contribution is 2.24. The zero-order valence-electron chi connectivity index (χ0n) is 7.98. The molecule has 0 aromatic heterocycles. The molecule has 0 bridgehead atoms. The predicted octanol–water partition coefficient (Wildman–Crippen LogP) is 2.96. The summed E-state index contributed by atoms with van der Waals surface area (Å²) in [7, 11) is 0. The van der Waals surface area contributed by atoms with Gasteiger partial charge in [0.25, 0.3) is 0 Å². The molecule has 0 aliphatic rings. The van der Waals surface area contributed by atoms with Crippen LogP contribution >= 0.6 is 0 Å². The Labute approximate surface area is 69.5 Å². The molecule has 1 nitrogen and oxygen atoms in total. The Bertz CT molecular complexity index is 154. The second-order valence-electron chi connectivity index (χ2n) is 3.73. The lowest BCUT2D eigenvalue weighted by Crippen LogP contribution is -2.07. The van der Waals surface area contributed by atoms with Crippen LogP contribution in [0.5, 0.6) is 0 Å². The quantitative estimate of drug-likeness (QED) is 0.569. The third-order valence-electron chi connectivity index (χ3n) is 1.98. The van der Waals surface area contributed by atoms with E-state index in [9.17, 15) is 4.79 Å². The standard InChI is InChI=1S/C10H18O/c1-5-10(3,4)8-6-7-9(2)11/h6-7H,5,8H2,1-4H3/b7-6+. The van der Waals surface area contributed by atoms with Gasteiger partial charge in [0.15, 0.2) is 5.78 Å². The van der Waals surface area contributed by atoms with Gasteiger partial charge in [-0.2, -0.15) is 0 Å². The lowest BCUT2D eigenvalue weighted by molar-refractivity contribution is -0.112. The van der Waals surface area contributed by atoms with Gasteiger partial charge in [-0.1, -0.05) is 33.3 Å². The average molecular weight is 154 g/mol. The summed E-state index contributed by atoms with van der Waals surface area (Å²) in [6.07, 6.45) is 5.75. The zero-order valence-corrected chi connectivity index (χ0v) is 7.98. The lowest BCUT2D eigenvalue weighted by Gasteiger charge is -2.19. The molecule has 1 heteroatoms. The maximum atomic E-state index is 10.5. The molecule has 0 unspecified atom stereocenters. The molecular formula is C10H18O. The maximum absolute atomic E-state index is 10.5. The Balaban J connectivity index is 3.78. The van der Waals surface area contributed by atoms with Crippen molar-refractivity contribution in [3.05, 3.63) is 12.2 Å². The zero-order chi connectivity index (χ0) is 8.91. The van der Waals surface area contributed by atoms with Crippen molar-refractivity contribution in [3.8, 4) is 0 Å². The van der Waals surface area contributed by atoms with Crippen molar-refractivity contribution < 1.29 is 4.79 Å². The number of ketones is 1. The smallest absolute Gasteiger partial charge is 0.152 e. The molecule has 0 N–H and O–H groups in total. The molecule has 64 valence electrons. The fourth-order valence-electron chi connectivity index (χ4n) is 0.688. The molecule has 0 spiro atoms. The van der Waals surface area contributed by atoms with Crippen LogP contribution in [0.4, 0.5) is 0 Å². The van der Waals surface area contributed by atoms with E-state index in [4.69, 9.17) is 0 Å². The van der Waals surface area contributed by atoms with Crippen molar-refractivity contribution in [2.24, 2.45) is 5.41 Å². The van der Waals surface area contributed by atoms with Crippen molar-refractivity contribution in [2.45, 2.75) is 40.5 Å². The van der Waals surface area contributed by atoms with Crippen LogP contribution in [0.1, 0.15) is 40.5 Å². The third-order valence-corrected chi connectivity index (χ3v) is 1.98. The van der Waals surface area contributed by atoms with Crippen LogP contribution in [0.25, 0.3) is 0 Å². The average Bonchev–Trinajstić information content (AvgIpc) is 1.87. The van der Waals surface area contributed by atoms with Crippen molar-refractivity contribution in [1.29, 1.82) is 0 Å². The van der Waals surface area contributed by atoms with E-state index in [0.29, 0.717) is 5.41 Å². The Morgan fingerprint density at radius 2 is 2.00 bits per heavy atom. The van der Waals surface area contributed by atoms with Crippen LogP contribution in [-0.4, -0.2) is 5.78 Å². The highest BCUT2D eigenvalue weighted by Gasteiger charge is 2.11. The predicted molar refractivity (Wildman–Crippen MR) is 48.5 cm³/mol. The van der Waals surface area contributed by atoms with Gasteiger partial charge in [0.2, 0.25) is 0 Å². The summed E-state index contributed by atoms with van der Waals surface area (Å²) >= 11 is 0. The van der Waals surface area contributed by atoms with Gasteiger partial charge in [-0.15, -0.1) is 0 Å². The summed E-state index contributed by atoms with van der Waals surface area (Å²) < 4.78 is 0. The monoisotopic (exact) mass is 154 g/mol. The molecule has 0 atom stereocenters. The van der Waals surface area contributed by atoms with E-state index >= 15 is 0 Å². The van der Waals surface area contributed by atoms with E-state index in [1.165, 1.54) is 0 Å². The van der Waals surface area contributed by atoms with E-state index < -0.39 is 0 Å². The van der Waals surface area contributed by atoms with E-state index in [2.05, 4.69) is 20.8 Å². The molecule has 0 fully saturated rings. The summed E-state index contributed by atoms with van der Waals surface area (Å²) in [5, 5.41) is 0. The molecule has 0 rings (SSSR count). The topological polar surface area (TPSA) is 17.1 Å². The molecule has 0 radical (unpaired) electrons. The van der Waals surface area contributed by atoms with Gasteiger partial charge in [-0.05, 0) is 24.8 Å². The van der Waals surface area contributed by atoms with Crippen molar-refractivity contribution in [3.63, 3.8) is 0 Å². The Morgan fingerprint density at radius 1 is 1.45 bits per heavy atom. The van der Waals surface area contributed by atoms with Crippen LogP contribution in [0.3, 0.4) is 0 Å². The Hall–Kier alpha value is -0.590. The molecule has 11 heavy (non-hydrogen) atoms. The van der Waals surface area contributed by atoms with Gasteiger partial charge in [0.1, 0.15) is 0 Å². The first-order chi connectivity index (χ1) is 4.98. The van der Waals surface area contributed by atoms with Crippen molar-refractivity contribution in [1.82, 2.24) is 0 Å². The first-order valence-corrected chi connectivity index (χ1v) is 4.15. The summed E-state index contributed by atoms with van der Waals surface area (Å²) in [5.74, 6) is 0.136. The summed E-state index contributed by atoms with van der Waals surface area (Å²) in [6.45, 7) is 8.16. The maximum Gasteiger partial charge on any atom is 0.152 e. The number of allylic oxidation sites excluding steroid dienone is 2. The fraction of sp³-hybridized carbons (Fsp3) is 0.700. The Kier molecular flexibility index (Phi) is 4.09. The van der Waals surface area contributed by atoms with Crippen LogP contribution in [0.2, 0.25) is 0 Å². The largest absolute Gasteiger partial charge is 0.295 e. The normalized spacial score (nSPS) is 12.4. The van der Waals surface area contributed by atoms with E-state index in [-0.39, 0.29) is 5.78 Å². The molecule has 0 heterocycles. The van der Waals surface area contributed by atoms with Gasteiger partial charge in [0, 0.05) is 0 Å². The minimum absolute atomic E-state index is 0.136. The minimum atomic E-state index is 0.136. The second-order valence-corrected chi connectivity index (χ2v) is 3.73. The van der Waals surface area contributed by atoms with Gasteiger partial charge in [-0.25, -0.2) is 0 Å². The van der Waals surface area contributed by atoms with Crippen molar-refractivity contribution in [2.75, 3.05) is 0 Å². The van der Waals surface area contributed by atoms with Crippen LogP contribution in [0, 0.1) is 5.41 Å². The highest BCUT2D eigenvalue weighted by atomic mass is 16.1. The van der Waals surface area contributed by atoms with Crippen LogP contribution < -0.4 is 0 Å². The van der Waals surface area contributed by atoms with Crippen molar-refractivity contribution >= 4 is 5.78 Å². The van der Waals surface area contributed by atoms with Crippen LogP contribution in [-0.2, 0) is 4.79 Å². The van der Waals surface area contributed by atoms with Gasteiger partial charge in [0.05, 0.1) is 0 Å². The van der Waals surface area contributed by atoms with E-state index in [1.807, 2.05) is 6.08 Å². The SMILES string of the molecule is CCC(C)(C)C/C=C/C(C)=O. The number of carbonyl (C=O) groups excluding carboxylic acids is 1. The Morgan fingerprint density at radius 3 is 2.36 bits per heavy atom. The molecule has 0 saturated heterocycles. The molecule has 0 aliphatic heterocycles. The lowest BCUT2D eigenvalue weighted by atomic mass is 9.86.